The van der Waals surface area contributed by atoms with Gasteiger partial charge in [-0.1, -0.05) is 30.3 Å². The number of methoxy groups -OCH3 is 1. The van der Waals surface area contributed by atoms with Gasteiger partial charge in [-0.05, 0) is 48.0 Å². The van der Waals surface area contributed by atoms with Crippen LogP contribution in [0.4, 0.5) is 23.2 Å². The van der Waals surface area contributed by atoms with Crippen molar-refractivity contribution in [3.05, 3.63) is 101 Å². The van der Waals surface area contributed by atoms with Gasteiger partial charge < -0.3 is 9.84 Å². The molecular weight excluding hydrogens is 454 g/mol. The Morgan fingerprint density at radius 3 is 2.29 bits per heavy atom. The molecule has 0 radical (unpaired) electrons. The predicted molar refractivity (Wildman–Crippen MR) is 116 cm³/mol. The van der Waals surface area contributed by atoms with E-state index in [0.717, 1.165) is 35.2 Å². The fraction of sp³-hybridized carbons (Fsp3) is 0.120. The van der Waals surface area contributed by atoms with Gasteiger partial charge >= 0.3 is 6.18 Å². The van der Waals surface area contributed by atoms with Crippen LogP contribution in [0.25, 0.3) is 5.76 Å². The monoisotopic (exact) mass is 471 g/mol. The molecule has 34 heavy (non-hydrogen) atoms. The second-order valence-electron chi connectivity index (χ2n) is 7.50. The molecule has 1 saturated heterocycles. The van der Waals surface area contributed by atoms with Gasteiger partial charge in [0, 0.05) is 11.3 Å². The average Bonchev–Trinajstić information content (AvgIpc) is 3.09. The molecule has 1 N–H and O–H groups in total. The van der Waals surface area contributed by atoms with E-state index in [-0.39, 0.29) is 22.4 Å². The van der Waals surface area contributed by atoms with E-state index in [2.05, 4.69) is 0 Å². The normalized spacial score (nSPS) is 17.8. The van der Waals surface area contributed by atoms with Crippen molar-refractivity contribution < 1.29 is 37.0 Å². The summed E-state index contributed by atoms with van der Waals surface area (Å²) in [7, 11) is 1.41. The summed E-state index contributed by atoms with van der Waals surface area (Å²) >= 11 is 0. The Kier molecular flexibility index (Phi) is 5.87. The van der Waals surface area contributed by atoms with Crippen molar-refractivity contribution in [2.75, 3.05) is 12.0 Å². The molecule has 1 aliphatic heterocycles. The third-order valence-corrected chi connectivity index (χ3v) is 5.42. The van der Waals surface area contributed by atoms with Crippen LogP contribution in [0.2, 0.25) is 0 Å². The van der Waals surface area contributed by atoms with E-state index in [1.165, 1.54) is 37.4 Å². The number of anilines is 1. The maximum absolute atomic E-state index is 13.6. The smallest absolute Gasteiger partial charge is 0.416 e. The summed E-state index contributed by atoms with van der Waals surface area (Å²) in [5.41, 5.74) is -1.17. The Balaban J connectivity index is 1.95. The number of Topliss-reactive ketones (excluding diaryl/α,β-unsaturated/α-hetero) is 1. The van der Waals surface area contributed by atoms with Gasteiger partial charge in [-0.15, -0.1) is 0 Å². The number of aliphatic hydroxyl groups is 1. The SMILES string of the molecule is COc1cccc(/C(O)=C2\C(=O)C(=O)N(c3cccc(C(F)(F)F)c3)C2c2ccc(F)cc2)c1. The lowest BCUT2D eigenvalue weighted by atomic mass is 9.95. The highest BCUT2D eigenvalue weighted by Crippen LogP contribution is 2.43. The first-order valence-electron chi connectivity index (χ1n) is 10.00. The number of amides is 1. The summed E-state index contributed by atoms with van der Waals surface area (Å²) in [5.74, 6) is -2.98. The van der Waals surface area contributed by atoms with E-state index in [1.807, 2.05) is 0 Å². The molecule has 3 aromatic rings. The summed E-state index contributed by atoms with van der Waals surface area (Å²) < 4.78 is 58.7. The van der Waals surface area contributed by atoms with Gasteiger partial charge in [-0.2, -0.15) is 13.2 Å². The van der Waals surface area contributed by atoms with Crippen molar-refractivity contribution in [1.82, 2.24) is 0 Å². The number of hydrogen-bond donors (Lipinski definition) is 1. The highest BCUT2D eigenvalue weighted by Gasteiger charge is 2.47. The highest BCUT2D eigenvalue weighted by atomic mass is 19.4. The molecule has 0 aliphatic carbocycles. The van der Waals surface area contributed by atoms with Crippen LogP contribution in [0.15, 0.2) is 78.4 Å². The molecule has 1 heterocycles. The van der Waals surface area contributed by atoms with Gasteiger partial charge in [0.05, 0.1) is 24.3 Å². The standard InChI is InChI=1S/C25H17F4NO4/c1-34-19-7-2-4-15(12-19)22(31)20-21(14-8-10-17(26)11-9-14)30(24(33)23(20)32)18-6-3-5-16(13-18)25(27,28)29/h2-13,21,31H,1H3/b22-20+. The molecule has 9 heteroatoms. The minimum atomic E-state index is -4.68. The first kappa shape index (κ1) is 23.0. The summed E-state index contributed by atoms with van der Waals surface area (Å²) in [6.07, 6.45) is -4.68. The number of rotatable bonds is 4. The van der Waals surface area contributed by atoms with Crippen molar-refractivity contribution in [2.45, 2.75) is 12.2 Å². The Bertz CT molecular complexity index is 1300. The summed E-state index contributed by atoms with van der Waals surface area (Å²) in [5, 5.41) is 11.0. The average molecular weight is 471 g/mol. The van der Waals surface area contributed by atoms with Crippen molar-refractivity contribution in [2.24, 2.45) is 0 Å². The lowest BCUT2D eigenvalue weighted by Gasteiger charge is -2.26. The predicted octanol–water partition coefficient (Wildman–Crippen LogP) is 5.48. The van der Waals surface area contributed by atoms with Crippen LogP contribution in [-0.4, -0.2) is 23.9 Å². The number of halogens is 4. The molecule has 1 aliphatic rings. The number of carbonyl (C=O) groups excluding carboxylic acids is 2. The lowest BCUT2D eigenvalue weighted by molar-refractivity contribution is -0.137. The number of ether oxygens (including phenoxy) is 1. The molecule has 174 valence electrons. The quantitative estimate of drug-likeness (QED) is 0.237. The third kappa shape index (κ3) is 4.12. The molecule has 4 rings (SSSR count). The van der Waals surface area contributed by atoms with Crippen LogP contribution < -0.4 is 9.64 Å². The molecule has 1 unspecified atom stereocenters. The maximum Gasteiger partial charge on any atom is 0.416 e. The molecule has 0 bridgehead atoms. The van der Waals surface area contributed by atoms with Crippen LogP contribution in [0.3, 0.4) is 0 Å². The zero-order valence-corrected chi connectivity index (χ0v) is 17.6. The molecule has 1 fully saturated rings. The number of aliphatic hydroxyl groups excluding tert-OH is 1. The first-order chi connectivity index (χ1) is 16.1. The van der Waals surface area contributed by atoms with Crippen molar-refractivity contribution in [3.8, 4) is 5.75 Å². The van der Waals surface area contributed by atoms with E-state index in [9.17, 15) is 32.3 Å². The number of alkyl halides is 3. The number of carbonyl (C=O) groups is 2. The van der Waals surface area contributed by atoms with Gasteiger partial charge in [0.1, 0.15) is 17.3 Å². The zero-order chi connectivity index (χ0) is 24.6. The maximum atomic E-state index is 13.6. The minimum absolute atomic E-state index is 0.161. The summed E-state index contributed by atoms with van der Waals surface area (Å²) in [6.45, 7) is 0. The van der Waals surface area contributed by atoms with E-state index in [0.29, 0.717) is 5.75 Å². The van der Waals surface area contributed by atoms with Crippen molar-refractivity contribution in [1.29, 1.82) is 0 Å². The largest absolute Gasteiger partial charge is 0.507 e. The van der Waals surface area contributed by atoms with Crippen LogP contribution >= 0.6 is 0 Å². The van der Waals surface area contributed by atoms with E-state index < -0.39 is 41.0 Å². The lowest BCUT2D eigenvalue weighted by Crippen LogP contribution is -2.29. The van der Waals surface area contributed by atoms with Crippen molar-refractivity contribution >= 4 is 23.1 Å². The van der Waals surface area contributed by atoms with Crippen molar-refractivity contribution in [3.63, 3.8) is 0 Å². The van der Waals surface area contributed by atoms with Crippen LogP contribution in [0.1, 0.15) is 22.7 Å². The van der Waals surface area contributed by atoms with Gasteiger partial charge in [-0.3, -0.25) is 14.5 Å². The molecule has 1 atom stereocenters. The summed E-state index contributed by atoms with van der Waals surface area (Å²) in [4.78, 5) is 27.0. The second-order valence-corrected chi connectivity index (χ2v) is 7.50. The van der Waals surface area contributed by atoms with Gasteiger partial charge in [0.15, 0.2) is 0 Å². The number of ketones is 1. The Labute approximate surface area is 191 Å². The topological polar surface area (TPSA) is 66.8 Å². The van der Waals surface area contributed by atoms with Gasteiger partial charge in [-0.25, -0.2) is 4.39 Å². The van der Waals surface area contributed by atoms with E-state index >= 15 is 0 Å². The molecule has 0 saturated carbocycles. The Hall–Kier alpha value is -4.14. The number of nitrogens with zero attached hydrogens (tertiary/aromatic N) is 1. The third-order valence-electron chi connectivity index (χ3n) is 5.42. The Morgan fingerprint density at radius 1 is 0.971 bits per heavy atom. The molecule has 0 aromatic heterocycles. The second kappa shape index (κ2) is 8.66. The van der Waals surface area contributed by atoms with Crippen LogP contribution in [0.5, 0.6) is 5.75 Å². The fourth-order valence-electron chi connectivity index (χ4n) is 3.82. The van der Waals surface area contributed by atoms with Crippen LogP contribution in [0, 0.1) is 5.82 Å². The molecule has 5 nitrogen and oxygen atoms in total. The van der Waals surface area contributed by atoms with Crippen LogP contribution in [-0.2, 0) is 15.8 Å². The molecule has 0 spiro atoms. The minimum Gasteiger partial charge on any atom is -0.507 e. The number of hydrogen-bond acceptors (Lipinski definition) is 4. The highest BCUT2D eigenvalue weighted by molar-refractivity contribution is 6.51. The van der Waals surface area contributed by atoms with Gasteiger partial charge in [0.2, 0.25) is 0 Å². The fourth-order valence-corrected chi connectivity index (χ4v) is 3.82. The molecule has 1 amide bonds. The molecule has 3 aromatic carbocycles. The number of benzene rings is 3. The molecular formula is C25H17F4NO4. The zero-order valence-electron chi connectivity index (χ0n) is 17.6. The van der Waals surface area contributed by atoms with Gasteiger partial charge in [0.25, 0.3) is 11.7 Å². The van der Waals surface area contributed by atoms with E-state index in [4.69, 9.17) is 4.74 Å². The Morgan fingerprint density at radius 2 is 1.65 bits per heavy atom. The van der Waals surface area contributed by atoms with E-state index in [1.54, 1.807) is 12.1 Å². The first-order valence-corrected chi connectivity index (χ1v) is 10.00. The summed E-state index contributed by atoms with van der Waals surface area (Å²) in [6, 6.07) is 13.5.